The fourth-order valence-corrected chi connectivity index (χ4v) is 3.72. The van der Waals surface area contributed by atoms with Crippen molar-refractivity contribution in [3.63, 3.8) is 0 Å². The lowest BCUT2D eigenvalue weighted by atomic mass is 9.91. The summed E-state index contributed by atoms with van der Waals surface area (Å²) in [4.78, 5) is 37.5. The van der Waals surface area contributed by atoms with Crippen LogP contribution in [0.4, 0.5) is 16.2 Å². The largest absolute Gasteiger partial charge is 0.447 e. The SMILES string of the molecule is C=C1C[C@@H](NC(=O)OC(C)C)c2cc(-c3cccc(NC(C)=O)c3)ccc2N1C(C)=O. The molecule has 0 radical (unpaired) electrons. The summed E-state index contributed by atoms with van der Waals surface area (Å²) in [5.41, 5.74) is 4.57. The number of nitrogens with one attached hydrogen (secondary N) is 2. The molecule has 2 aromatic rings. The first-order valence-electron chi connectivity index (χ1n) is 10.1. The average Bonchev–Trinajstić information content (AvgIpc) is 2.66. The van der Waals surface area contributed by atoms with E-state index in [0.717, 1.165) is 16.7 Å². The average molecular weight is 421 g/mol. The Kier molecular flexibility index (Phi) is 6.44. The maximum absolute atomic E-state index is 12.3. The number of alkyl carbamates (subject to hydrolysis) is 1. The van der Waals surface area contributed by atoms with E-state index in [9.17, 15) is 14.4 Å². The second-order valence-electron chi connectivity index (χ2n) is 7.81. The van der Waals surface area contributed by atoms with Gasteiger partial charge in [0, 0.05) is 31.7 Å². The molecule has 0 fully saturated rings. The number of carbonyl (C=O) groups excluding carboxylic acids is 3. The summed E-state index contributed by atoms with van der Waals surface area (Å²) in [5.74, 6) is -0.291. The van der Waals surface area contributed by atoms with Gasteiger partial charge in [0.25, 0.3) is 0 Å². The van der Waals surface area contributed by atoms with Crippen molar-refractivity contribution in [2.24, 2.45) is 0 Å². The van der Waals surface area contributed by atoms with E-state index < -0.39 is 6.09 Å². The Labute approximate surface area is 182 Å². The highest BCUT2D eigenvalue weighted by Crippen LogP contribution is 2.41. The molecule has 3 amide bonds. The number of carbonyl (C=O) groups is 3. The van der Waals surface area contributed by atoms with Gasteiger partial charge in [0.2, 0.25) is 11.8 Å². The van der Waals surface area contributed by atoms with Crippen LogP contribution < -0.4 is 15.5 Å². The molecular weight excluding hydrogens is 394 g/mol. The van der Waals surface area contributed by atoms with E-state index >= 15 is 0 Å². The first kappa shape index (κ1) is 22.1. The first-order chi connectivity index (χ1) is 14.7. The molecule has 2 aromatic carbocycles. The van der Waals surface area contributed by atoms with Gasteiger partial charge in [0.1, 0.15) is 0 Å². The number of hydrogen-bond acceptors (Lipinski definition) is 4. The van der Waals surface area contributed by atoms with E-state index in [4.69, 9.17) is 4.74 Å². The van der Waals surface area contributed by atoms with Crippen molar-refractivity contribution >= 4 is 29.3 Å². The maximum Gasteiger partial charge on any atom is 0.407 e. The molecule has 31 heavy (non-hydrogen) atoms. The Morgan fingerprint density at radius 3 is 2.45 bits per heavy atom. The monoisotopic (exact) mass is 421 g/mol. The molecule has 1 heterocycles. The van der Waals surface area contributed by atoms with Crippen molar-refractivity contribution in [1.29, 1.82) is 0 Å². The van der Waals surface area contributed by atoms with Crippen LogP contribution in [-0.4, -0.2) is 24.0 Å². The molecule has 7 nitrogen and oxygen atoms in total. The van der Waals surface area contributed by atoms with Crippen molar-refractivity contribution in [1.82, 2.24) is 5.32 Å². The smallest absolute Gasteiger partial charge is 0.407 e. The van der Waals surface area contributed by atoms with Crippen molar-refractivity contribution in [3.8, 4) is 11.1 Å². The lowest BCUT2D eigenvalue weighted by molar-refractivity contribution is -0.116. The molecule has 0 aromatic heterocycles. The molecular formula is C24H27N3O4. The standard InChI is InChI=1S/C24H27N3O4/c1-14(2)31-24(30)26-22-11-15(3)27(17(5)29)23-10-9-19(13-21(22)23)18-7-6-8-20(12-18)25-16(4)28/h6-10,12-14,22H,3,11H2,1-2,4-5H3,(H,25,28)(H,26,30)/t22-/m1/s1. The summed E-state index contributed by atoms with van der Waals surface area (Å²) >= 11 is 0. The Morgan fingerprint density at radius 1 is 1.10 bits per heavy atom. The zero-order valence-corrected chi connectivity index (χ0v) is 18.2. The van der Waals surface area contributed by atoms with Gasteiger partial charge in [-0.1, -0.05) is 24.8 Å². The molecule has 2 N–H and O–H groups in total. The second kappa shape index (κ2) is 9.04. The van der Waals surface area contributed by atoms with Crippen LogP contribution in [0.1, 0.15) is 45.7 Å². The Hall–Kier alpha value is -3.61. The number of anilines is 2. The van der Waals surface area contributed by atoms with E-state index in [2.05, 4.69) is 17.2 Å². The molecule has 0 aliphatic carbocycles. The summed E-state index contributed by atoms with van der Waals surface area (Å²) in [6.07, 6.45) is -0.384. The number of ether oxygens (including phenoxy) is 1. The summed E-state index contributed by atoms with van der Waals surface area (Å²) in [7, 11) is 0. The molecule has 0 unspecified atom stereocenters. The van der Waals surface area contributed by atoms with Crippen LogP contribution in [0.15, 0.2) is 54.7 Å². The highest BCUT2D eigenvalue weighted by molar-refractivity contribution is 5.97. The molecule has 1 atom stereocenters. The van der Waals surface area contributed by atoms with Gasteiger partial charge in [0.15, 0.2) is 0 Å². The summed E-state index contributed by atoms with van der Waals surface area (Å²) < 4.78 is 5.24. The zero-order valence-electron chi connectivity index (χ0n) is 18.2. The van der Waals surface area contributed by atoms with Crippen LogP contribution in [0.5, 0.6) is 0 Å². The highest BCUT2D eigenvalue weighted by atomic mass is 16.6. The van der Waals surface area contributed by atoms with E-state index in [1.54, 1.807) is 18.7 Å². The van der Waals surface area contributed by atoms with Gasteiger partial charge in [-0.05, 0) is 54.8 Å². The lowest BCUT2D eigenvalue weighted by Crippen LogP contribution is -2.39. The van der Waals surface area contributed by atoms with Gasteiger partial charge in [-0.15, -0.1) is 0 Å². The normalized spacial score (nSPS) is 15.3. The van der Waals surface area contributed by atoms with Crippen LogP contribution in [0.25, 0.3) is 11.1 Å². The number of benzene rings is 2. The van der Waals surface area contributed by atoms with Gasteiger partial charge in [0.05, 0.1) is 17.8 Å². The Balaban J connectivity index is 2.03. The quantitative estimate of drug-likeness (QED) is 0.745. The van der Waals surface area contributed by atoms with Crippen molar-refractivity contribution in [3.05, 3.63) is 60.3 Å². The van der Waals surface area contributed by atoms with Crippen LogP contribution in [0.2, 0.25) is 0 Å². The summed E-state index contributed by atoms with van der Waals surface area (Å²) in [5, 5.41) is 5.68. The minimum absolute atomic E-state index is 0.144. The van der Waals surface area contributed by atoms with E-state index in [1.165, 1.54) is 13.8 Å². The third kappa shape index (κ3) is 5.12. The van der Waals surface area contributed by atoms with Crippen LogP contribution in [0.3, 0.4) is 0 Å². The van der Waals surface area contributed by atoms with E-state index in [0.29, 0.717) is 23.5 Å². The minimum atomic E-state index is -0.520. The predicted octanol–water partition coefficient (Wildman–Crippen LogP) is 4.76. The molecule has 0 saturated heterocycles. The number of rotatable bonds is 4. The third-order valence-electron chi connectivity index (χ3n) is 4.87. The first-order valence-corrected chi connectivity index (χ1v) is 10.1. The third-order valence-corrected chi connectivity index (χ3v) is 4.87. The summed E-state index contributed by atoms with van der Waals surface area (Å²) in [6.45, 7) is 10.5. The fourth-order valence-electron chi connectivity index (χ4n) is 3.72. The predicted molar refractivity (Wildman–Crippen MR) is 121 cm³/mol. The molecule has 162 valence electrons. The minimum Gasteiger partial charge on any atom is -0.447 e. The number of amides is 3. The van der Waals surface area contributed by atoms with Gasteiger partial charge in [-0.2, -0.15) is 0 Å². The van der Waals surface area contributed by atoms with Crippen LogP contribution in [-0.2, 0) is 14.3 Å². The van der Waals surface area contributed by atoms with Crippen molar-refractivity contribution in [2.45, 2.75) is 46.3 Å². The molecule has 1 aliphatic rings. The molecule has 3 rings (SSSR count). The number of hydrogen-bond donors (Lipinski definition) is 2. The van der Waals surface area contributed by atoms with Gasteiger partial charge in [-0.3, -0.25) is 14.5 Å². The van der Waals surface area contributed by atoms with E-state index in [-0.39, 0.29) is 24.0 Å². The van der Waals surface area contributed by atoms with Crippen LogP contribution in [0, 0.1) is 0 Å². The highest BCUT2D eigenvalue weighted by Gasteiger charge is 2.31. The van der Waals surface area contributed by atoms with Gasteiger partial charge < -0.3 is 15.4 Å². The fraction of sp³-hybridized carbons (Fsp3) is 0.292. The van der Waals surface area contributed by atoms with Crippen molar-refractivity contribution in [2.75, 3.05) is 10.2 Å². The molecule has 1 aliphatic heterocycles. The topological polar surface area (TPSA) is 87.7 Å². The summed E-state index contributed by atoms with van der Waals surface area (Å²) in [6, 6.07) is 12.8. The van der Waals surface area contributed by atoms with Crippen molar-refractivity contribution < 1.29 is 19.1 Å². The van der Waals surface area contributed by atoms with Gasteiger partial charge in [-0.25, -0.2) is 4.79 Å². The van der Waals surface area contributed by atoms with Gasteiger partial charge >= 0.3 is 6.09 Å². The Morgan fingerprint density at radius 2 is 1.81 bits per heavy atom. The molecule has 0 spiro atoms. The Bertz CT molecular complexity index is 1040. The lowest BCUT2D eigenvalue weighted by Gasteiger charge is -2.36. The zero-order chi connectivity index (χ0) is 22.7. The van der Waals surface area contributed by atoms with Crippen LogP contribution >= 0.6 is 0 Å². The molecule has 0 bridgehead atoms. The number of nitrogens with zero attached hydrogens (tertiary/aromatic N) is 1. The van der Waals surface area contributed by atoms with E-state index in [1.807, 2.05) is 42.5 Å². The molecule has 0 saturated carbocycles. The maximum atomic E-state index is 12.3. The number of fused-ring (bicyclic) bond motifs is 1. The second-order valence-corrected chi connectivity index (χ2v) is 7.81. The molecule has 7 heteroatoms.